The highest BCUT2D eigenvalue weighted by Crippen LogP contribution is 2.14. The van der Waals surface area contributed by atoms with E-state index in [1.54, 1.807) is 0 Å². The van der Waals surface area contributed by atoms with Crippen LogP contribution >= 0.6 is 0 Å². The van der Waals surface area contributed by atoms with Gasteiger partial charge in [-0.1, -0.05) is 0 Å². The van der Waals surface area contributed by atoms with Crippen LogP contribution in [0.4, 0.5) is 0 Å². The minimum atomic E-state index is -0.0655. The molecule has 2 saturated heterocycles. The molecule has 2 fully saturated rings. The molecular formula is C10H18N4O2. The van der Waals surface area contributed by atoms with Gasteiger partial charge in [-0.3, -0.25) is 9.59 Å². The summed E-state index contributed by atoms with van der Waals surface area (Å²) in [6, 6.07) is 0. The molecule has 0 atom stereocenters. The number of rotatable bonds is 1. The van der Waals surface area contributed by atoms with E-state index in [4.69, 9.17) is 0 Å². The van der Waals surface area contributed by atoms with Gasteiger partial charge in [-0.25, -0.2) is 10.0 Å². The van der Waals surface area contributed by atoms with Gasteiger partial charge in [0.2, 0.25) is 11.8 Å². The Bertz CT molecular complexity index is 256. The van der Waals surface area contributed by atoms with Gasteiger partial charge in [0.15, 0.2) is 0 Å². The van der Waals surface area contributed by atoms with Gasteiger partial charge in [0.1, 0.15) is 0 Å². The molecule has 0 aromatic carbocycles. The van der Waals surface area contributed by atoms with Crippen molar-refractivity contribution in [3.63, 3.8) is 0 Å². The number of hydrogen-bond acceptors (Lipinski definition) is 5. The lowest BCUT2D eigenvalue weighted by Gasteiger charge is -2.29. The molecule has 2 rings (SSSR count). The lowest BCUT2D eigenvalue weighted by molar-refractivity contribution is -0.157. The first kappa shape index (κ1) is 11.5. The molecule has 6 heteroatoms. The SMILES string of the molecule is O=C1CCC(=O)N1N1CCNCCNCC1. The molecule has 2 N–H and O–H groups in total. The second kappa shape index (κ2) is 5.38. The maximum Gasteiger partial charge on any atom is 0.244 e. The Labute approximate surface area is 94.9 Å². The molecule has 0 saturated carbocycles. The zero-order valence-electron chi connectivity index (χ0n) is 9.37. The van der Waals surface area contributed by atoms with Crippen LogP contribution in [-0.2, 0) is 9.59 Å². The van der Waals surface area contributed by atoms with E-state index < -0.39 is 0 Å². The van der Waals surface area contributed by atoms with Crippen molar-refractivity contribution >= 4 is 11.8 Å². The van der Waals surface area contributed by atoms with E-state index in [0.717, 1.165) is 26.2 Å². The van der Waals surface area contributed by atoms with Crippen molar-refractivity contribution in [1.82, 2.24) is 20.7 Å². The molecule has 2 heterocycles. The van der Waals surface area contributed by atoms with E-state index >= 15 is 0 Å². The molecule has 2 amide bonds. The lowest BCUT2D eigenvalue weighted by Crippen LogP contribution is -2.49. The monoisotopic (exact) mass is 226 g/mol. The van der Waals surface area contributed by atoms with Gasteiger partial charge >= 0.3 is 0 Å². The first-order valence-corrected chi connectivity index (χ1v) is 5.81. The predicted molar refractivity (Wildman–Crippen MR) is 58.4 cm³/mol. The zero-order chi connectivity index (χ0) is 11.4. The minimum absolute atomic E-state index is 0.0655. The molecule has 0 aliphatic carbocycles. The standard InChI is InChI=1S/C10H18N4O2/c15-9-1-2-10(16)14(9)13-7-5-11-3-4-12-6-8-13/h11-12H,1-8H2. The molecule has 90 valence electrons. The predicted octanol–water partition coefficient (Wildman–Crippen LogP) is -1.45. The average Bonchev–Trinajstić information content (AvgIpc) is 2.65. The van der Waals surface area contributed by atoms with E-state index in [0.29, 0.717) is 25.9 Å². The largest absolute Gasteiger partial charge is 0.314 e. The topological polar surface area (TPSA) is 64.7 Å². The average molecular weight is 226 g/mol. The molecule has 0 radical (unpaired) electrons. The number of hydrogen-bond donors (Lipinski definition) is 2. The molecular weight excluding hydrogens is 208 g/mol. The second-order valence-electron chi connectivity index (χ2n) is 4.05. The summed E-state index contributed by atoms with van der Waals surface area (Å²) < 4.78 is 0. The van der Waals surface area contributed by atoms with Gasteiger partial charge in [0.25, 0.3) is 0 Å². The Morgan fingerprint density at radius 2 is 1.31 bits per heavy atom. The number of nitrogens with one attached hydrogen (secondary N) is 2. The van der Waals surface area contributed by atoms with Gasteiger partial charge in [-0.2, -0.15) is 0 Å². The van der Waals surface area contributed by atoms with E-state index in [-0.39, 0.29) is 11.8 Å². The summed E-state index contributed by atoms with van der Waals surface area (Å²) in [6.45, 7) is 4.88. The number of carbonyl (C=O) groups excluding carboxylic acids is 2. The summed E-state index contributed by atoms with van der Waals surface area (Å²) in [6.07, 6.45) is 0.715. The highest BCUT2D eigenvalue weighted by molar-refractivity contribution is 6.01. The van der Waals surface area contributed by atoms with Crippen molar-refractivity contribution in [2.24, 2.45) is 0 Å². The van der Waals surface area contributed by atoms with Gasteiger partial charge in [0, 0.05) is 52.1 Å². The summed E-state index contributed by atoms with van der Waals surface area (Å²) in [5.41, 5.74) is 0. The van der Waals surface area contributed by atoms with Crippen molar-refractivity contribution in [3.8, 4) is 0 Å². The van der Waals surface area contributed by atoms with Crippen molar-refractivity contribution < 1.29 is 9.59 Å². The Hall–Kier alpha value is -0.980. The number of imide groups is 1. The summed E-state index contributed by atoms with van der Waals surface area (Å²) in [7, 11) is 0. The van der Waals surface area contributed by atoms with Gasteiger partial charge in [-0.15, -0.1) is 0 Å². The van der Waals surface area contributed by atoms with Crippen molar-refractivity contribution in [2.75, 3.05) is 39.3 Å². The van der Waals surface area contributed by atoms with Gasteiger partial charge in [0.05, 0.1) is 0 Å². The zero-order valence-corrected chi connectivity index (χ0v) is 9.37. The van der Waals surface area contributed by atoms with Crippen LogP contribution in [0.1, 0.15) is 12.8 Å². The first-order valence-electron chi connectivity index (χ1n) is 5.81. The Kier molecular flexibility index (Phi) is 3.87. The first-order chi connectivity index (χ1) is 7.79. The fourth-order valence-corrected chi connectivity index (χ4v) is 2.04. The smallest absolute Gasteiger partial charge is 0.244 e. The van der Waals surface area contributed by atoms with Crippen LogP contribution in [-0.4, -0.2) is 61.1 Å². The van der Waals surface area contributed by atoms with Gasteiger partial charge in [-0.05, 0) is 0 Å². The van der Waals surface area contributed by atoms with E-state index in [2.05, 4.69) is 10.6 Å². The van der Waals surface area contributed by atoms with E-state index in [1.165, 1.54) is 5.01 Å². The molecule has 0 spiro atoms. The van der Waals surface area contributed by atoms with Crippen LogP contribution in [0.5, 0.6) is 0 Å². The van der Waals surface area contributed by atoms with E-state index in [9.17, 15) is 9.59 Å². The number of nitrogens with zero attached hydrogens (tertiary/aromatic N) is 2. The van der Waals surface area contributed by atoms with Crippen molar-refractivity contribution in [3.05, 3.63) is 0 Å². The fourth-order valence-electron chi connectivity index (χ4n) is 2.04. The van der Waals surface area contributed by atoms with Crippen molar-refractivity contribution in [2.45, 2.75) is 12.8 Å². The maximum atomic E-state index is 11.6. The molecule has 16 heavy (non-hydrogen) atoms. The normalized spacial score (nSPS) is 25.4. The summed E-state index contributed by atoms with van der Waals surface area (Å²) in [5, 5.41) is 9.69. The summed E-state index contributed by atoms with van der Waals surface area (Å²) in [5.74, 6) is -0.131. The fraction of sp³-hybridized carbons (Fsp3) is 0.800. The number of amides is 2. The number of hydrazine groups is 1. The molecule has 0 aromatic rings. The van der Waals surface area contributed by atoms with Crippen LogP contribution in [0.2, 0.25) is 0 Å². The Balaban J connectivity index is 1.99. The highest BCUT2D eigenvalue weighted by Gasteiger charge is 2.33. The summed E-state index contributed by atoms with van der Waals surface area (Å²) in [4.78, 5) is 23.2. The van der Waals surface area contributed by atoms with Crippen LogP contribution in [0, 0.1) is 0 Å². The third kappa shape index (κ3) is 2.58. The third-order valence-corrected chi connectivity index (χ3v) is 2.88. The Morgan fingerprint density at radius 1 is 0.812 bits per heavy atom. The maximum absolute atomic E-state index is 11.6. The van der Waals surface area contributed by atoms with Crippen LogP contribution in [0.15, 0.2) is 0 Å². The van der Waals surface area contributed by atoms with Crippen molar-refractivity contribution in [1.29, 1.82) is 0 Å². The highest BCUT2D eigenvalue weighted by atomic mass is 16.2. The molecule has 0 bridgehead atoms. The second-order valence-corrected chi connectivity index (χ2v) is 4.05. The van der Waals surface area contributed by atoms with E-state index in [1.807, 2.05) is 5.01 Å². The molecule has 2 aliphatic heterocycles. The van der Waals surface area contributed by atoms with Gasteiger partial charge < -0.3 is 10.6 Å². The lowest BCUT2D eigenvalue weighted by atomic mass is 10.4. The van der Waals surface area contributed by atoms with Crippen LogP contribution < -0.4 is 10.6 Å². The third-order valence-electron chi connectivity index (χ3n) is 2.88. The Morgan fingerprint density at radius 3 is 1.81 bits per heavy atom. The molecule has 2 aliphatic rings. The molecule has 0 aromatic heterocycles. The van der Waals surface area contributed by atoms with Crippen LogP contribution in [0.3, 0.4) is 0 Å². The summed E-state index contributed by atoms with van der Waals surface area (Å²) >= 11 is 0. The van der Waals surface area contributed by atoms with Crippen LogP contribution in [0.25, 0.3) is 0 Å². The quantitative estimate of drug-likeness (QED) is 0.535. The minimum Gasteiger partial charge on any atom is -0.314 e. The molecule has 0 unspecified atom stereocenters. The number of carbonyl (C=O) groups is 2. The molecule has 6 nitrogen and oxygen atoms in total.